The van der Waals surface area contributed by atoms with Crippen LogP contribution in [0, 0.1) is 5.92 Å². The molecule has 1 saturated heterocycles. The van der Waals surface area contributed by atoms with E-state index < -0.39 is 6.23 Å². The number of rotatable bonds is 12. The van der Waals surface area contributed by atoms with Crippen LogP contribution < -0.4 is 10.1 Å². The van der Waals surface area contributed by atoms with Gasteiger partial charge in [0, 0.05) is 23.2 Å². The maximum absolute atomic E-state index is 11.5. The number of benzene rings is 2. The van der Waals surface area contributed by atoms with Crippen molar-refractivity contribution in [1.82, 2.24) is 0 Å². The van der Waals surface area contributed by atoms with Crippen LogP contribution in [0.1, 0.15) is 59.1 Å². The molecule has 0 spiro atoms. The van der Waals surface area contributed by atoms with Gasteiger partial charge in [-0.1, -0.05) is 78.0 Å². The third-order valence-corrected chi connectivity index (χ3v) is 9.04. The van der Waals surface area contributed by atoms with Crippen LogP contribution in [0.15, 0.2) is 73.8 Å². The Morgan fingerprint density at radius 2 is 1.39 bits per heavy atom. The lowest BCUT2D eigenvalue weighted by atomic mass is 9.87. The van der Waals surface area contributed by atoms with Crippen molar-refractivity contribution in [2.75, 3.05) is 33.1 Å². The smallest absolute Gasteiger partial charge is 0.186 e. The summed E-state index contributed by atoms with van der Waals surface area (Å²) in [7, 11) is 0. The van der Waals surface area contributed by atoms with E-state index in [1.165, 1.54) is 16.2 Å². The van der Waals surface area contributed by atoms with Gasteiger partial charge in [0.15, 0.2) is 6.23 Å². The Balaban J connectivity index is 1.94. The molecule has 1 aliphatic rings. The van der Waals surface area contributed by atoms with Gasteiger partial charge in [-0.25, -0.2) is 15.0 Å². The lowest BCUT2D eigenvalue weighted by molar-refractivity contribution is 0.00836. The molecule has 1 fully saturated rings. The zero-order chi connectivity index (χ0) is 27.9. The predicted octanol–water partition coefficient (Wildman–Crippen LogP) is 8.47. The Morgan fingerprint density at radius 3 is 1.92 bits per heavy atom. The quantitative estimate of drug-likeness (QED) is 0.161. The molecule has 1 aliphatic heterocycles. The molecule has 3 atom stereocenters. The van der Waals surface area contributed by atoms with Crippen molar-refractivity contribution in [1.29, 1.82) is 0 Å². The zero-order valence-corrected chi connectivity index (χ0v) is 25.7. The second kappa shape index (κ2) is 13.5. The second-order valence-corrected chi connectivity index (χ2v) is 14.2. The van der Waals surface area contributed by atoms with E-state index in [0.717, 1.165) is 40.8 Å². The van der Waals surface area contributed by atoms with Crippen LogP contribution in [0.25, 0.3) is 0 Å². The maximum Gasteiger partial charge on any atom is 0.186 e. The highest BCUT2D eigenvalue weighted by molar-refractivity contribution is 7.99. The first-order valence-electron chi connectivity index (χ1n) is 13.5. The monoisotopic (exact) mass is 554 g/mol. The van der Waals surface area contributed by atoms with Gasteiger partial charge in [-0.2, -0.15) is 23.5 Å². The summed E-state index contributed by atoms with van der Waals surface area (Å²) in [5.41, 5.74) is 4.42. The highest BCUT2D eigenvalue weighted by atomic mass is 32.2. The molecule has 208 valence electrons. The van der Waals surface area contributed by atoms with Gasteiger partial charge in [0.05, 0.1) is 17.4 Å². The van der Waals surface area contributed by atoms with Gasteiger partial charge in [0.2, 0.25) is 0 Å². The molecule has 0 bridgehead atoms. The van der Waals surface area contributed by atoms with E-state index in [-0.39, 0.29) is 22.8 Å². The number of hydroxylamine groups is 2. The summed E-state index contributed by atoms with van der Waals surface area (Å²) >= 11 is 3.72. The van der Waals surface area contributed by atoms with Crippen molar-refractivity contribution in [2.45, 2.75) is 71.1 Å². The van der Waals surface area contributed by atoms with Gasteiger partial charge >= 0.3 is 0 Å². The molecule has 1 heterocycles. The van der Waals surface area contributed by atoms with Crippen LogP contribution >= 0.6 is 23.5 Å². The first-order chi connectivity index (χ1) is 18.0. The second-order valence-electron chi connectivity index (χ2n) is 12.0. The normalized spacial score (nSPS) is 20.0. The topological polar surface area (TPSA) is 35.9 Å². The standard InChI is InChI=1S/C32H46N2O2S2/c1-9-20-37-22-19-29-28(23-38-21-10-2)30(33(35)26-15-11-24(12-16-26)31(3,4)5)36-34(29)27-17-13-25(14-18-27)32(6,7)8/h9-18,28-30,35H,1-2,19-23H2,3-8H3. The highest BCUT2D eigenvalue weighted by Gasteiger charge is 2.46. The van der Waals surface area contributed by atoms with E-state index in [1.54, 1.807) is 0 Å². The van der Waals surface area contributed by atoms with Crippen molar-refractivity contribution in [2.24, 2.45) is 5.92 Å². The number of nitrogens with zero attached hydrogens (tertiary/aromatic N) is 2. The van der Waals surface area contributed by atoms with Gasteiger partial charge in [0.25, 0.3) is 0 Å². The molecule has 3 unspecified atom stereocenters. The number of thioether (sulfide) groups is 2. The SMILES string of the molecule is C=CCSCCC1C(CSCC=C)C(N(O)c2ccc(C(C)(C)C)cc2)ON1c1ccc(C(C)(C)C)cc1. The van der Waals surface area contributed by atoms with Crippen molar-refractivity contribution in [3.8, 4) is 0 Å². The van der Waals surface area contributed by atoms with E-state index in [1.807, 2.05) is 47.8 Å². The number of anilines is 2. The van der Waals surface area contributed by atoms with Crippen LogP contribution in [0.4, 0.5) is 11.4 Å². The average Bonchev–Trinajstić information content (AvgIpc) is 3.23. The molecular weight excluding hydrogens is 508 g/mol. The molecule has 0 saturated carbocycles. The molecule has 2 aromatic carbocycles. The number of hydrogen-bond donors (Lipinski definition) is 1. The van der Waals surface area contributed by atoms with Crippen LogP contribution in [-0.2, 0) is 15.7 Å². The molecule has 2 aromatic rings. The third-order valence-electron chi connectivity index (χ3n) is 6.95. The fourth-order valence-electron chi connectivity index (χ4n) is 4.67. The Hall–Kier alpha value is -1.86. The van der Waals surface area contributed by atoms with Crippen molar-refractivity contribution >= 4 is 34.9 Å². The van der Waals surface area contributed by atoms with Gasteiger partial charge in [0.1, 0.15) is 0 Å². The van der Waals surface area contributed by atoms with Crippen molar-refractivity contribution < 1.29 is 10.0 Å². The summed E-state index contributed by atoms with van der Waals surface area (Å²) < 4.78 is 0. The minimum Gasteiger partial charge on any atom is -0.286 e. The molecule has 0 aliphatic carbocycles. The summed E-state index contributed by atoms with van der Waals surface area (Å²) in [5.74, 6) is 3.75. The van der Waals surface area contributed by atoms with Crippen LogP contribution in [0.2, 0.25) is 0 Å². The third kappa shape index (κ3) is 7.84. The van der Waals surface area contributed by atoms with E-state index in [9.17, 15) is 5.21 Å². The summed E-state index contributed by atoms with van der Waals surface area (Å²) in [6.45, 7) is 21.0. The Labute approximate surface area is 239 Å². The first-order valence-corrected chi connectivity index (χ1v) is 15.8. The molecule has 1 N–H and O–H groups in total. The lowest BCUT2D eigenvalue weighted by Crippen LogP contribution is -2.40. The summed E-state index contributed by atoms with van der Waals surface area (Å²) in [4.78, 5) is 6.64. The Morgan fingerprint density at radius 1 is 0.868 bits per heavy atom. The molecule has 0 radical (unpaired) electrons. The first kappa shape index (κ1) is 30.7. The Kier molecular flexibility index (Phi) is 10.9. The minimum absolute atomic E-state index is 0.0523. The largest absolute Gasteiger partial charge is 0.286 e. The van der Waals surface area contributed by atoms with Gasteiger partial charge in [-0.05, 0) is 58.4 Å². The summed E-state index contributed by atoms with van der Waals surface area (Å²) in [5, 5.41) is 14.9. The van der Waals surface area contributed by atoms with Crippen molar-refractivity contribution in [3.63, 3.8) is 0 Å². The predicted molar refractivity (Wildman–Crippen MR) is 169 cm³/mol. The number of hydrogen-bond acceptors (Lipinski definition) is 6. The molecule has 6 heteroatoms. The summed E-state index contributed by atoms with van der Waals surface area (Å²) in [6.07, 6.45) is 4.35. The summed E-state index contributed by atoms with van der Waals surface area (Å²) in [6, 6.07) is 17.0. The molecular formula is C32H46N2O2S2. The van der Waals surface area contributed by atoms with Gasteiger partial charge < -0.3 is 0 Å². The molecule has 4 nitrogen and oxygen atoms in total. The van der Waals surface area contributed by atoms with E-state index in [4.69, 9.17) is 4.84 Å². The molecule has 0 amide bonds. The van der Waals surface area contributed by atoms with E-state index >= 15 is 0 Å². The zero-order valence-electron chi connectivity index (χ0n) is 24.0. The highest BCUT2D eigenvalue weighted by Crippen LogP contribution is 2.40. The fourth-order valence-corrected chi connectivity index (χ4v) is 6.37. The van der Waals surface area contributed by atoms with Crippen LogP contribution in [-0.4, -0.2) is 40.5 Å². The van der Waals surface area contributed by atoms with Gasteiger partial charge in [-0.3, -0.25) is 5.21 Å². The molecule has 0 aromatic heterocycles. The van der Waals surface area contributed by atoms with Crippen LogP contribution in [0.3, 0.4) is 0 Å². The molecule has 38 heavy (non-hydrogen) atoms. The van der Waals surface area contributed by atoms with E-state index in [0.29, 0.717) is 0 Å². The van der Waals surface area contributed by atoms with Crippen molar-refractivity contribution in [3.05, 3.63) is 85.0 Å². The Bertz CT molecular complexity index is 1030. The maximum atomic E-state index is 11.5. The van der Waals surface area contributed by atoms with Crippen LogP contribution in [0.5, 0.6) is 0 Å². The lowest BCUT2D eigenvalue weighted by Gasteiger charge is -2.28. The van der Waals surface area contributed by atoms with Gasteiger partial charge in [-0.15, -0.1) is 13.2 Å². The van der Waals surface area contributed by atoms with E-state index in [2.05, 4.69) is 96.2 Å². The fraction of sp³-hybridized carbons (Fsp3) is 0.500. The molecule has 3 rings (SSSR count). The minimum atomic E-state index is -0.496. The average molecular weight is 555 g/mol.